The molecule has 3 rings (SSSR count). The normalized spacial score (nSPS) is 11.2. The van der Waals surface area contributed by atoms with Crippen LogP contribution in [-0.4, -0.2) is 36.6 Å². The van der Waals surface area contributed by atoms with Crippen molar-refractivity contribution >= 4 is 34.5 Å². The number of nitrogens with zero attached hydrogens (tertiary/aromatic N) is 2. The molecule has 0 fully saturated rings. The third kappa shape index (κ3) is 5.42. The molecule has 2 N–H and O–H groups in total. The number of fused-ring (bicyclic) bond motifs is 1. The van der Waals surface area contributed by atoms with Gasteiger partial charge in [0.25, 0.3) is 5.91 Å². The minimum atomic E-state index is -0.477. The van der Waals surface area contributed by atoms with Gasteiger partial charge in [0.05, 0.1) is 6.61 Å². The van der Waals surface area contributed by atoms with Gasteiger partial charge in [-0.05, 0) is 43.2 Å². The Balaban J connectivity index is 1.88. The molecule has 0 radical (unpaired) electrons. The van der Waals surface area contributed by atoms with Crippen LogP contribution in [0.1, 0.15) is 16.7 Å². The van der Waals surface area contributed by atoms with E-state index in [2.05, 4.69) is 10.6 Å². The standard InChI is InChI=1S/C25H26N4O3/c1-17-8-9-18(2)22(12-17)28-25(31)19(14-26)13-20-15-29(16-24(30)27-10-11-32-3)23-7-5-4-6-21(20)23/h4-9,12-13,15H,10-11,16H2,1-3H3,(H,27,30)(H,28,31). The number of aryl methyl sites for hydroxylation is 2. The summed E-state index contributed by atoms with van der Waals surface area (Å²) in [6.07, 6.45) is 3.34. The zero-order valence-corrected chi connectivity index (χ0v) is 18.4. The van der Waals surface area contributed by atoms with Crippen LogP contribution in [-0.2, 0) is 20.9 Å². The Bertz CT molecular complexity index is 1220. The number of hydrogen-bond acceptors (Lipinski definition) is 4. The fourth-order valence-corrected chi connectivity index (χ4v) is 3.39. The van der Waals surface area contributed by atoms with E-state index in [1.807, 2.05) is 62.4 Å². The molecule has 0 unspecified atom stereocenters. The van der Waals surface area contributed by atoms with Gasteiger partial charge in [-0.1, -0.05) is 30.3 Å². The molecule has 0 aliphatic rings. The number of nitrogens with one attached hydrogen (secondary N) is 2. The second kappa shape index (κ2) is 10.4. The quantitative estimate of drug-likeness (QED) is 0.324. The van der Waals surface area contributed by atoms with Crippen LogP contribution in [0.25, 0.3) is 17.0 Å². The maximum atomic E-state index is 12.8. The average molecular weight is 431 g/mol. The molecule has 7 heteroatoms. The fourth-order valence-electron chi connectivity index (χ4n) is 3.39. The zero-order chi connectivity index (χ0) is 23.1. The number of anilines is 1. The lowest BCUT2D eigenvalue weighted by Crippen LogP contribution is -2.30. The number of rotatable bonds is 8. The average Bonchev–Trinajstić information content (AvgIpc) is 3.12. The minimum Gasteiger partial charge on any atom is -0.383 e. The minimum absolute atomic E-state index is 0.0154. The number of aromatic nitrogens is 1. The first-order chi connectivity index (χ1) is 15.4. The number of carbonyl (C=O) groups excluding carboxylic acids is 2. The van der Waals surface area contributed by atoms with Crippen LogP contribution in [0.3, 0.4) is 0 Å². The summed E-state index contributed by atoms with van der Waals surface area (Å²) < 4.78 is 6.76. The monoisotopic (exact) mass is 430 g/mol. The van der Waals surface area contributed by atoms with Crippen LogP contribution in [0, 0.1) is 25.2 Å². The van der Waals surface area contributed by atoms with Gasteiger partial charge in [-0.2, -0.15) is 5.26 Å². The van der Waals surface area contributed by atoms with Crippen molar-refractivity contribution < 1.29 is 14.3 Å². The smallest absolute Gasteiger partial charge is 0.266 e. The van der Waals surface area contributed by atoms with Gasteiger partial charge in [0.15, 0.2) is 0 Å². The van der Waals surface area contributed by atoms with Gasteiger partial charge in [-0.15, -0.1) is 0 Å². The molecule has 1 heterocycles. The molecule has 2 aromatic carbocycles. The van der Waals surface area contributed by atoms with Crippen molar-refractivity contribution in [2.45, 2.75) is 20.4 Å². The Labute approximate surface area is 187 Å². The second-order valence-electron chi connectivity index (χ2n) is 7.51. The van der Waals surface area contributed by atoms with Gasteiger partial charge in [-0.25, -0.2) is 0 Å². The summed E-state index contributed by atoms with van der Waals surface area (Å²) >= 11 is 0. The van der Waals surface area contributed by atoms with Gasteiger partial charge in [0, 0.05) is 42.0 Å². The maximum Gasteiger partial charge on any atom is 0.266 e. The van der Waals surface area contributed by atoms with Crippen LogP contribution in [0.2, 0.25) is 0 Å². The molecular formula is C25H26N4O3. The van der Waals surface area contributed by atoms with Crippen molar-refractivity contribution in [3.63, 3.8) is 0 Å². The number of nitriles is 1. The van der Waals surface area contributed by atoms with Crippen molar-refractivity contribution in [2.75, 3.05) is 25.6 Å². The predicted octanol–water partition coefficient (Wildman–Crippen LogP) is 3.57. The SMILES string of the molecule is COCCNC(=O)Cn1cc(C=C(C#N)C(=O)Nc2cc(C)ccc2C)c2ccccc21. The van der Waals surface area contributed by atoms with Crippen LogP contribution >= 0.6 is 0 Å². The largest absolute Gasteiger partial charge is 0.383 e. The Morgan fingerprint density at radius 1 is 1.19 bits per heavy atom. The third-order valence-corrected chi connectivity index (χ3v) is 5.07. The molecule has 0 atom stereocenters. The van der Waals surface area contributed by atoms with E-state index >= 15 is 0 Å². The molecule has 0 spiro atoms. The summed E-state index contributed by atoms with van der Waals surface area (Å²) in [6, 6.07) is 15.3. The van der Waals surface area contributed by atoms with Crippen LogP contribution < -0.4 is 10.6 Å². The number of ether oxygens (including phenoxy) is 1. The Morgan fingerprint density at radius 2 is 1.97 bits per heavy atom. The number of benzene rings is 2. The molecule has 7 nitrogen and oxygen atoms in total. The van der Waals surface area contributed by atoms with E-state index < -0.39 is 5.91 Å². The summed E-state index contributed by atoms with van der Waals surface area (Å²) in [7, 11) is 1.58. The van der Waals surface area contributed by atoms with Crippen molar-refractivity contribution in [3.05, 3.63) is 70.9 Å². The molecule has 0 bridgehead atoms. The molecule has 32 heavy (non-hydrogen) atoms. The number of carbonyl (C=O) groups is 2. The molecule has 2 amide bonds. The fraction of sp³-hybridized carbons (Fsp3) is 0.240. The summed E-state index contributed by atoms with van der Waals surface area (Å²) in [5.41, 5.74) is 4.12. The van der Waals surface area contributed by atoms with Crippen LogP contribution in [0.4, 0.5) is 5.69 Å². The van der Waals surface area contributed by atoms with Gasteiger partial charge in [0.1, 0.15) is 18.2 Å². The van der Waals surface area contributed by atoms with Gasteiger partial charge >= 0.3 is 0 Å². The summed E-state index contributed by atoms with van der Waals surface area (Å²) in [4.78, 5) is 25.1. The molecule has 3 aromatic rings. The number of methoxy groups -OCH3 is 1. The molecule has 0 aliphatic carbocycles. The lowest BCUT2D eigenvalue weighted by molar-refractivity contribution is -0.121. The third-order valence-electron chi connectivity index (χ3n) is 5.07. The molecule has 0 saturated heterocycles. The lowest BCUT2D eigenvalue weighted by atomic mass is 10.1. The summed E-state index contributed by atoms with van der Waals surface area (Å²) in [5, 5.41) is 16.1. The Kier molecular flexibility index (Phi) is 7.42. The predicted molar refractivity (Wildman–Crippen MR) is 125 cm³/mol. The number of hydrogen-bond donors (Lipinski definition) is 2. The topological polar surface area (TPSA) is 96.2 Å². The van der Waals surface area contributed by atoms with Crippen LogP contribution in [0.15, 0.2) is 54.2 Å². The summed E-state index contributed by atoms with van der Waals surface area (Å²) in [5.74, 6) is -0.623. The Hall–Kier alpha value is -3.89. The van der Waals surface area contributed by atoms with Crippen molar-refractivity contribution in [1.29, 1.82) is 5.26 Å². The highest BCUT2D eigenvalue weighted by atomic mass is 16.5. The van der Waals surface area contributed by atoms with Gasteiger partial charge < -0.3 is 19.9 Å². The highest BCUT2D eigenvalue weighted by Crippen LogP contribution is 2.24. The maximum absolute atomic E-state index is 12.8. The van der Waals surface area contributed by atoms with E-state index in [1.165, 1.54) is 0 Å². The number of para-hydroxylation sites is 1. The molecule has 164 valence electrons. The van der Waals surface area contributed by atoms with E-state index in [9.17, 15) is 14.9 Å². The lowest BCUT2D eigenvalue weighted by Gasteiger charge is -2.08. The van der Waals surface area contributed by atoms with E-state index in [0.717, 1.165) is 22.0 Å². The molecule has 0 saturated carbocycles. The Morgan fingerprint density at radius 3 is 2.72 bits per heavy atom. The first-order valence-electron chi connectivity index (χ1n) is 10.3. The van der Waals surface area contributed by atoms with E-state index in [-0.39, 0.29) is 18.0 Å². The second-order valence-corrected chi connectivity index (χ2v) is 7.51. The van der Waals surface area contributed by atoms with Crippen LogP contribution in [0.5, 0.6) is 0 Å². The van der Waals surface area contributed by atoms with E-state index in [4.69, 9.17) is 4.74 Å². The van der Waals surface area contributed by atoms with Gasteiger partial charge in [-0.3, -0.25) is 9.59 Å². The first-order valence-corrected chi connectivity index (χ1v) is 10.3. The highest BCUT2D eigenvalue weighted by molar-refractivity contribution is 6.11. The van der Waals surface area contributed by atoms with E-state index in [0.29, 0.717) is 24.4 Å². The molecule has 1 aromatic heterocycles. The zero-order valence-electron chi connectivity index (χ0n) is 18.4. The summed E-state index contributed by atoms with van der Waals surface area (Å²) in [6.45, 7) is 4.83. The van der Waals surface area contributed by atoms with E-state index in [1.54, 1.807) is 23.9 Å². The van der Waals surface area contributed by atoms with Crippen molar-refractivity contribution in [1.82, 2.24) is 9.88 Å². The van der Waals surface area contributed by atoms with Crippen molar-refractivity contribution in [3.8, 4) is 6.07 Å². The van der Waals surface area contributed by atoms with Crippen molar-refractivity contribution in [2.24, 2.45) is 0 Å². The van der Waals surface area contributed by atoms with Gasteiger partial charge in [0.2, 0.25) is 5.91 Å². The number of amides is 2. The highest BCUT2D eigenvalue weighted by Gasteiger charge is 2.14. The molecule has 0 aliphatic heterocycles. The first kappa shape index (κ1) is 22.8. The molecular weight excluding hydrogens is 404 g/mol.